The van der Waals surface area contributed by atoms with Crippen LogP contribution in [0.4, 0.5) is 17.1 Å². The maximum absolute atomic E-state index is 12.5. The highest BCUT2D eigenvalue weighted by atomic mass is 32.2. The molecule has 0 saturated heterocycles. The van der Waals surface area contributed by atoms with Crippen molar-refractivity contribution in [3.63, 3.8) is 0 Å². The first-order chi connectivity index (χ1) is 14.9. The average Bonchev–Trinajstić information content (AvgIpc) is 2.76. The van der Waals surface area contributed by atoms with Crippen molar-refractivity contribution in [3.8, 4) is 0 Å². The molecule has 0 radical (unpaired) electrons. The van der Waals surface area contributed by atoms with Gasteiger partial charge < -0.3 is 21.7 Å². The normalized spacial score (nSPS) is 11.3. The number of rotatable bonds is 7. The zero-order valence-electron chi connectivity index (χ0n) is 16.8. The second-order valence-electron chi connectivity index (χ2n) is 6.66. The Hall–Kier alpha value is -3.36. The van der Waals surface area contributed by atoms with E-state index in [9.17, 15) is 9.59 Å². The Balaban J connectivity index is 1.50. The Kier molecular flexibility index (Phi) is 7.64. The van der Waals surface area contributed by atoms with Crippen LogP contribution in [-0.4, -0.2) is 22.2 Å². The monoisotopic (exact) mass is 450 g/mol. The minimum atomic E-state index is -0.503. The van der Waals surface area contributed by atoms with Crippen molar-refractivity contribution in [2.75, 3.05) is 16.0 Å². The lowest BCUT2D eigenvalue weighted by atomic mass is 10.2. The first-order valence-electron chi connectivity index (χ1n) is 9.51. The van der Waals surface area contributed by atoms with Gasteiger partial charge in [-0.05, 0) is 79.8 Å². The topological polar surface area (TPSA) is 96.2 Å². The van der Waals surface area contributed by atoms with E-state index in [2.05, 4.69) is 16.0 Å². The number of nitrogens with two attached hydrogens (primary N) is 1. The van der Waals surface area contributed by atoms with Crippen molar-refractivity contribution in [2.45, 2.75) is 17.1 Å². The molecular formula is C23H22N4O2S2. The second-order valence-corrected chi connectivity index (χ2v) is 8.48. The summed E-state index contributed by atoms with van der Waals surface area (Å²) in [5.74, 6) is -0.636. The van der Waals surface area contributed by atoms with Crippen LogP contribution < -0.4 is 21.7 Å². The molecule has 0 bridgehead atoms. The lowest BCUT2D eigenvalue weighted by molar-refractivity contribution is -0.115. The first-order valence-corrected chi connectivity index (χ1v) is 10.8. The van der Waals surface area contributed by atoms with Crippen molar-refractivity contribution in [3.05, 3.63) is 84.4 Å². The third-order valence-electron chi connectivity index (χ3n) is 4.26. The van der Waals surface area contributed by atoms with Gasteiger partial charge in [-0.3, -0.25) is 9.59 Å². The van der Waals surface area contributed by atoms with Gasteiger partial charge in [0.15, 0.2) is 5.11 Å². The Bertz CT molecular complexity index is 1060. The summed E-state index contributed by atoms with van der Waals surface area (Å²) >= 11 is 6.78. The van der Waals surface area contributed by atoms with E-state index in [4.69, 9.17) is 18.0 Å². The fourth-order valence-corrected chi connectivity index (χ4v) is 3.75. The Morgan fingerprint density at radius 1 is 0.806 bits per heavy atom. The van der Waals surface area contributed by atoms with Gasteiger partial charge in [0.1, 0.15) is 0 Å². The number of para-hydroxylation sites is 1. The van der Waals surface area contributed by atoms with Gasteiger partial charge in [-0.1, -0.05) is 18.2 Å². The molecule has 3 aromatic carbocycles. The maximum Gasteiger partial charge on any atom is 0.248 e. The van der Waals surface area contributed by atoms with Crippen LogP contribution in [0.2, 0.25) is 0 Å². The molecule has 6 nitrogen and oxygen atoms in total. The summed E-state index contributed by atoms with van der Waals surface area (Å²) in [5.41, 5.74) is 8.00. The van der Waals surface area contributed by atoms with E-state index in [0.717, 1.165) is 16.3 Å². The van der Waals surface area contributed by atoms with Gasteiger partial charge >= 0.3 is 0 Å². The SMILES string of the molecule is CC(Sc1ccc(NC(=S)Nc2ccccc2)cc1)C(=O)Nc1ccc(C(N)=O)cc1. The van der Waals surface area contributed by atoms with E-state index >= 15 is 0 Å². The smallest absolute Gasteiger partial charge is 0.248 e. The van der Waals surface area contributed by atoms with E-state index in [0.29, 0.717) is 16.4 Å². The molecule has 1 atom stereocenters. The van der Waals surface area contributed by atoms with Crippen molar-refractivity contribution < 1.29 is 9.59 Å². The molecule has 31 heavy (non-hydrogen) atoms. The van der Waals surface area contributed by atoms with Gasteiger partial charge in [-0.2, -0.15) is 0 Å². The highest BCUT2D eigenvalue weighted by molar-refractivity contribution is 8.00. The van der Waals surface area contributed by atoms with E-state index < -0.39 is 5.91 Å². The number of carbonyl (C=O) groups is 2. The summed E-state index contributed by atoms with van der Waals surface area (Å²) in [7, 11) is 0. The highest BCUT2D eigenvalue weighted by Gasteiger charge is 2.15. The van der Waals surface area contributed by atoms with Gasteiger partial charge in [0.2, 0.25) is 11.8 Å². The summed E-state index contributed by atoms with van der Waals surface area (Å²) in [6, 6.07) is 23.9. The molecule has 0 spiro atoms. The average molecular weight is 451 g/mol. The van der Waals surface area contributed by atoms with Gasteiger partial charge in [-0.25, -0.2) is 0 Å². The fraction of sp³-hybridized carbons (Fsp3) is 0.0870. The number of amides is 2. The number of hydrogen-bond donors (Lipinski definition) is 4. The van der Waals surface area contributed by atoms with Crippen LogP contribution in [0.1, 0.15) is 17.3 Å². The van der Waals surface area contributed by atoms with Gasteiger partial charge in [0.05, 0.1) is 5.25 Å². The standard InChI is InChI=1S/C23H22N4O2S2/c1-15(22(29)25-18-9-7-16(8-10-18)21(24)28)31-20-13-11-19(12-14-20)27-23(30)26-17-5-3-2-4-6-17/h2-15H,1H3,(H2,24,28)(H,25,29)(H2,26,27,30). The predicted octanol–water partition coefficient (Wildman–Crippen LogP) is 4.71. The lowest BCUT2D eigenvalue weighted by Crippen LogP contribution is -2.22. The molecule has 2 amide bonds. The molecule has 5 N–H and O–H groups in total. The number of primary amides is 1. The van der Waals surface area contributed by atoms with Crippen LogP contribution in [0.25, 0.3) is 0 Å². The van der Waals surface area contributed by atoms with Crippen LogP contribution in [0.15, 0.2) is 83.8 Å². The number of nitrogens with one attached hydrogen (secondary N) is 3. The lowest BCUT2D eigenvalue weighted by Gasteiger charge is -2.13. The molecule has 3 rings (SSSR count). The highest BCUT2D eigenvalue weighted by Crippen LogP contribution is 2.26. The third-order valence-corrected chi connectivity index (χ3v) is 5.58. The molecule has 0 heterocycles. The van der Waals surface area contributed by atoms with Crippen molar-refractivity contribution >= 4 is 58.0 Å². The molecular weight excluding hydrogens is 428 g/mol. The maximum atomic E-state index is 12.5. The molecule has 158 valence electrons. The van der Waals surface area contributed by atoms with Crippen LogP contribution in [-0.2, 0) is 4.79 Å². The van der Waals surface area contributed by atoms with Gasteiger partial charge in [0.25, 0.3) is 0 Å². The second kappa shape index (κ2) is 10.6. The summed E-state index contributed by atoms with van der Waals surface area (Å²) < 4.78 is 0. The molecule has 0 saturated carbocycles. The van der Waals surface area contributed by atoms with Crippen LogP contribution >= 0.6 is 24.0 Å². The number of thiocarbonyl (C=S) groups is 1. The summed E-state index contributed by atoms with van der Waals surface area (Å²) in [4.78, 5) is 24.5. The molecule has 0 aliphatic rings. The fourth-order valence-electron chi connectivity index (χ4n) is 2.65. The van der Waals surface area contributed by atoms with Crippen molar-refractivity contribution in [1.82, 2.24) is 0 Å². The zero-order chi connectivity index (χ0) is 22.2. The van der Waals surface area contributed by atoms with Crippen LogP contribution in [0.3, 0.4) is 0 Å². The van der Waals surface area contributed by atoms with E-state index in [1.54, 1.807) is 24.3 Å². The molecule has 0 aliphatic heterocycles. The largest absolute Gasteiger partial charge is 0.366 e. The molecule has 1 unspecified atom stereocenters. The number of carbonyl (C=O) groups excluding carboxylic acids is 2. The third kappa shape index (κ3) is 6.84. The van der Waals surface area contributed by atoms with Crippen molar-refractivity contribution in [1.29, 1.82) is 0 Å². The summed E-state index contributed by atoms with van der Waals surface area (Å²) in [6.07, 6.45) is 0. The van der Waals surface area contributed by atoms with Gasteiger partial charge in [0, 0.05) is 27.5 Å². The predicted molar refractivity (Wildman–Crippen MR) is 132 cm³/mol. The minimum absolute atomic E-state index is 0.132. The summed E-state index contributed by atoms with van der Waals surface area (Å²) in [5, 5.41) is 9.29. The van der Waals surface area contributed by atoms with Crippen LogP contribution in [0.5, 0.6) is 0 Å². The Morgan fingerprint density at radius 3 is 1.90 bits per heavy atom. The van der Waals surface area contributed by atoms with Gasteiger partial charge in [-0.15, -0.1) is 11.8 Å². The molecule has 3 aromatic rings. The van der Waals surface area contributed by atoms with Crippen LogP contribution in [0, 0.1) is 0 Å². The quantitative estimate of drug-likeness (QED) is 0.307. The van der Waals surface area contributed by atoms with E-state index in [1.165, 1.54) is 11.8 Å². The molecule has 0 fully saturated rings. The number of hydrogen-bond acceptors (Lipinski definition) is 4. The zero-order valence-corrected chi connectivity index (χ0v) is 18.4. The molecule has 8 heteroatoms. The molecule has 0 aromatic heterocycles. The Labute approximate surface area is 190 Å². The van der Waals surface area contributed by atoms with Crippen molar-refractivity contribution in [2.24, 2.45) is 5.73 Å². The van der Waals surface area contributed by atoms with E-state index in [1.807, 2.05) is 61.5 Å². The summed E-state index contributed by atoms with van der Waals surface area (Å²) in [6.45, 7) is 1.84. The number of anilines is 3. The van der Waals surface area contributed by atoms with E-state index in [-0.39, 0.29) is 11.2 Å². The minimum Gasteiger partial charge on any atom is -0.366 e. The molecule has 0 aliphatic carbocycles. The number of thioether (sulfide) groups is 1. The first kappa shape index (κ1) is 22.3. The number of benzene rings is 3. The Morgan fingerprint density at radius 2 is 1.32 bits per heavy atom.